The highest BCUT2D eigenvalue weighted by Gasteiger charge is 2.30. The van der Waals surface area contributed by atoms with Crippen LogP contribution in [0.25, 0.3) is 0 Å². The number of hydrogen-bond donors (Lipinski definition) is 1. The molecular formula is C16H13Cl2N3OS. The van der Waals surface area contributed by atoms with Crippen molar-refractivity contribution in [1.82, 2.24) is 10.3 Å². The monoisotopic (exact) mass is 365 g/mol. The van der Waals surface area contributed by atoms with Crippen molar-refractivity contribution in [3.63, 3.8) is 0 Å². The molecule has 1 saturated heterocycles. The maximum atomic E-state index is 12.1. The van der Waals surface area contributed by atoms with E-state index in [4.69, 9.17) is 23.2 Å². The van der Waals surface area contributed by atoms with E-state index in [2.05, 4.69) is 15.3 Å². The number of thioether (sulfide) groups is 1. The quantitative estimate of drug-likeness (QED) is 0.888. The molecule has 1 fully saturated rings. The third-order valence-corrected chi connectivity index (χ3v) is 5.09. The summed E-state index contributed by atoms with van der Waals surface area (Å²) in [6.07, 6.45) is 0.563. The average molecular weight is 366 g/mol. The molecule has 4 nitrogen and oxygen atoms in total. The Morgan fingerprint density at radius 3 is 2.83 bits per heavy atom. The van der Waals surface area contributed by atoms with E-state index in [0.29, 0.717) is 27.5 Å². The molecule has 1 atom stereocenters. The maximum Gasteiger partial charge on any atom is 0.239 e. The second-order valence-electron chi connectivity index (χ2n) is 5.10. The van der Waals surface area contributed by atoms with Crippen LogP contribution in [0.5, 0.6) is 0 Å². The van der Waals surface area contributed by atoms with Gasteiger partial charge >= 0.3 is 0 Å². The van der Waals surface area contributed by atoms with Crippen LogP contribution >= 0.6 is 35.0 Å². The largest absolute Gasteiger partial charge is 0.304 e. The Morgan fingerprint density at radius 2 is 2.09 bits per heavy atom. The first-order valence-corrected chi connectivity index (χ1v) is 8.58. The van der Waals surface area contributed by atoms with Gasteiger partial charge in [-0.05, 0) is 43.2 Å². The summed E-state index contributed by atoms with van der Waals surface area (Å²) in [6.45, 7) is 1.90. The molecule has 0 radical (unpaired) electrons. The number of benzene rings is 1. The molecule has 1 amide bonds. The van der Waals surface area contributed by atoms with Gasteiger partial charge in [-0.1, -0.05) is 47.1 Å². The second-order valence-corrected chi connectivity index (χ2v) is 7.11. The third-order valence-electron chi connectivity index (χ3n) is 3.27. The van der Waals surface area contributed by atoms with Gasteiger partial charge < -0.3 is 5.32 Å². The van der Waals surface area contributed by atoms with Gasteiger partial charge in [-0.3, -0.25) is 4.79 Å². The zero-order valence-electron chi connectivity index (χ0n) is 12.2. The molecular weight excluding hydrogens is 353 g/mol. The number of pyridine rings is 1. The molecule has 1 aromatic heterocycles. The molecule has 2 aromatic rings. The van der Waals surface area contributed by atoms with E-state index in [-0.39, 0.29) is 11.2 Å². The van der Waals surface area contributed by atoms with Gasteiger partial charge in [0.15, 0.2) is 11.0 Å². The fourth-order valence-corrected chi connectivity index (χ4v) is 3.51. The molecule has 7 heteroatoms. The van der Waals surface area contributed by atoms with Gasteiger partial charge in [0.2, 0.25) is 5.91 Å². The Labute approximate surface area is 148 Å². The van der Waals surface area contributed by atoms with Crippen LogP contribution in [0.2, 0.25) is 10.0 Å². The van der Waals surface area contributed by atoms with Crippen molar-refractivity contribution in [2.75, 3.05) is 0 Å². The minimum atomic E-state index is -0.240. The molecule has 1 aromatic carbocycles. The summed E-state index contributed by atoms with van der Waals surface area (Å²) in [5, 5.41) is 4.12. The summed E-state index contributed by atoms with van der Waals surface area (Å²) in [5.41, 5.74) is 1.84. The highest BCUT2D eigenvalue weighted by atomic mass is 35.5. The fourth-order valence-electron chi connectivity index (χ4n) is 2.17. The molecule has 1 aliphatic rings. The molecule has 1 aliphatic heterocycles. The topological polar surface area (TPSA) is 54.4 Å². The summed E-state index contributed by atoms with van der Waals surface area (Å²) in [7, 11) is 0. The van der Waals surface area contributed by atoms with Crippen LogP contribution in [0.4, 0.5) is 5.82 Å². The Balaban J connectivity index is 1.73. The van der Waals surface area contributed by atoms with E-state index in [1.807, 2.05) is 25.1 Å². The summed E-state index contributed by atoms with van der Waals surface area (Å²) < 4.78 is 0. The van der Waals surface area contributed by atoms with Crippen molar-refractivity contribution < 1.29 is 4.79 Å². The Morgan fingerprint density at radius 1 is 1.26 bits per heavy atom. The number of nitrogens with zero attached hydrogens (tertiary/aromatic N) is 2. The minimum absolute atomic E-state index is 0.0625. The molecule has 2 heterocycles. The van der Waals surface area contributed by atoms with Gasteiger partial charge in [0.05, 0.1) is 15.3 Å². The number of aliphatic imine (C=N–C) groups is 1. The first kappa shape index (κ1) is 16.3. The molecule has 3 rings (SSSR count). The minimum Gasteiger partial charge on any atom is -0.304 e. The number of aryl methyl sites for hydroxylation is 1. The predicted molar refractivity (Wildman–Crippen MR) is 95.8 cm³/mol. The van der Waals surface area contributed by atoms with Gasteiger partial charge in [-0.15, -0.1) is 0 Å². The Kier molecular flexibility index (Phi) is 4.90. The van der Waals surface area contributed by atoms with Crippen molar-refractivity contribution in [2.24, 2.45) is 4.99 Å². The number of carbonyl (C=O) groups excluding carboxylic acids is 1. The molecule has 0 saturated carbocycles. The molecule has 118 valence electrons. The van der Waals surface area contributed by atoms with Crippen LogP contribution < -0.4 is 5.32 Å². The molecule has 0 bridgehead atoms. The normalized spacial score (nSPS) is 19.2. The van der Waals surface area contributed by atoms with Crippen LogP contribution in [-0.4, -0.2) is 21.3 Å². The maximum absolute atomic E-state index is 12.1. The molecule has 0 unspecified atom stereocenters. The number of hydrogen-bond acceptors (Lipinski definition) is 4. The highest BCUT2D eigenvalue weighted by molar-refractivity contribution is 8.15. The van der Waals surface area contributed by atoms with Crippen molar-refractivity contribution in [3.8, 4) is 0 Å². The van der Waals surface area contributed by atoms with Crippen LogP contribution in [0.1, 0.15) is 11.3 Å². The molecule has 0 aliphatic carbocycles. The number of nitrogens with one attached hydrogen (secondary N) is 1. The van der Waals surface area contributed by atoms with E-state index in [0.717, 1.165) is 11.3 Å². The summed E-state index contributed by atoms with van der Waals surface area (Å²) in [5.74, 6) is 0.524. The first-order chi connectivity index (χ1) is 11.0. The standard InChI is InChI=1S/C16H13Cl2N3OS/c1-9-3-2-4-14(19-9)20-16-21-15(22)13(23-16)8-10-5-6-11(17)12(18)7-10/h2-7,13H,8H2,1H3,(H,19,20,21,22)/t13-/m0/s1. The van der Waals surface area contributed by atoms with Crippen molar-refractivity contribution in [3.05, 3.63) is 57.7 Å². The molecule has 1 N–H and O–H groups in total. The Hall–Kier alpha value is -1.56. The van der Waals surface area contributed by atoms with Crippen molar-refractivity contribution >= 4 is 51.9 Å². The lowest BCUT2D eigenvalue weighted by Crippen LogP contribution is -2.26. The van der Waals surface area contributed by atoms with Crippen LogP contribution in [0.3, 0.4) is 0 Å². The zero-order chi connectivity index (χ0) is 16.4. The van der Waals surface area contributed by atoms with Crippen LogP contribution in [0, 0.1) is 6.92 Å². The highest BCUT2D eigenvalue weighted by Crippen LogP contribution is 2.28. The number of aromatic nitrogens is 1. The fraction of sp³-hybridized carbons (Fsp3) is 0.188. The summed E-state index contributed by atoms with van der Waals surface area (Å²) in [4.78, 5) is 20.8. The average Bonchev–Trinajstić information content (AvgIpc) is 2.83. The Bertz CT molecular complexity index is 795. The molecule has 0 spiro atoms. The lowest BCUT2D eigenvalue weighted by molar-refractivity contribution is -0.118. The number of halogens is 2. The number of amidine groups is 1. The number of amides is 1. The van der Waals surface area contributed by atoms with Crippen molar-refractivity contribution in [1.29, 1.82) is 0 Å². The van der Waals surface area contributed by atoms with E-state index < -0.39 is 0 Å². The third kappa shape index (κ3) is 4.05. The van der Waals surface area contributed by atoms with Gasteiger partial charge in [-0.2, -0.15) is 0 Å². The zero-order valence-corrected chi connectivity index (χ0v) is 14.5. The van der Waals surface area contributed by atoms with Gasteiger partial charge in [-0.25, -0.2) is 9.98 Å². The SMILES string of the molecule is Cc1cccc(/N=C2\NC(=O)[C@H](Cc3ccc(Cl)c(Cl)c3)S2)n1. The second kappa shape index (κ2) is 6.91. The molecule has 23 heavy (non-hydrogen) atoms. The number of rotatable bonds is 3. The van der Waals surface area contributed by atoms with E-state index in [9.17, 15) is 4.79 Å². The first-order valence-electron chi connectivity index (χ1n) is 6.95. The van der Waals surface area contributed by atoms with E-state index in [1.54, 1.807) is 18.2 Å². The van der Waals surface area contributed by atoms with Gasteiger partial charge in [0.25, 0.3) is 0 Å². The van der Waals surface area contributed by atoms with Gasteiger partial charge in [0, 0.05) is 5.69 Å². The van der Waals surface area contributed by atoms with Crippen molar-refractivity contribution in [2.45, 2.75) is 18.6 Å². The smallest absolute Gasteiger partial charge is 0.239 e. The van der Waals surface area contributed by atoms with E-state index in [1.165, 1.54) is 11.8 Å². The lowest BCUT2D eigenvalue weighted by Gasteiger charge is -2.06. The predicted octanol–water partition coefficient (Wildman–Crippen LogP) is 4.16. The number of carbonyl (C=O) groups is 1. The van der Waals surface area contributed by atoms with Crippen LogP contribution in [0.15, 0.2) is 41.4 Å². The summed E-state index contributed by atoms with van der Waals surface area (Å²) >= 11 is 13.3. The van der Waals surface area contributed by atoms with E-state index >= 15 is 0 Å². The lowest BCUT2D eigenvalue weighted by atomic mass is 10.1. The summed E-state index contributed by atoms with van der Waals surface area (Å²) in [6, 6.07) is 11.0. The van der Waals surface area contributed by atoms with Crippen LogP contribution in [-0.2, 0) is 11.2 Å². The van der Waals surface area contributed by atoms with Gasteiger partial charge in [0.1, 0.15) is 0 Å².